The molecule has 0 aromatic heterocycles. The van der Waals surface area contributed by atoms with Crippen molar-refractivity contribution >= 4 is 17.6 Å². The molecule has 1 fully saturated rings. The Hall–Kier alpha value is -2.82. The quantitative estimate of drug-likeness (QED) is 0.820. The van der Waals surface area contributed by atoms with E-state index >= 15 is 0 Å². The zero-order chi connectivity index (χ0) is 19.9. The fourth-order valence-corrected chi connectivity index (χ4v) is 3.53. The molecule has 2 aromatic rings. The molecule has 28 heavy (non-hydrogen) atoms. The number of anilines is 1. The first-order valence-corrected chi connectivity index (χ1v) is 10.1. The molecule has 3 amide bonds. The van der Waals surface area contributed by atoms with Crippen LogP contribution in [0.5, 0.6) is 0 Å². The summed E-state index contributed by atoms with van der Waals surface area (Å²) in [5, 5.41) is 2.95. The molecule has 1 aliphatic heterocycles. The van der Waals surface area contributed by atoms with Gasteiger partial charge in [-0.15, -0.1) is 0 Å². The number of aryl methyl sites for hydroxylation is 1. The van der Waals surface area contributed by atoms with E-state index in [0.717, 1.165) is 31.5 Å². The van der Waals surface area contributed by atoms with Crippen molar-refractivity contribution < 1.29 is 9.59 Å². The van der Waals surface area contributed by atoms with Crippen molar-refractivity contribution in [2.24, 2.45) is 0 Å². The normalized spacial score (nSPS) is 13.9. The predicted octanol–water partition coefficient (Wildman–Crippen LogP) is 4.68. The minimum absolute atomic E-state index is 0.0445. The van der Waals surface area contributed by atoms with Crippen molar-refractivity contribution in [1.29, 1.82) is 0 Å². The molecule has 1 heterocycles. The number of nitrogens with one attached hydrogen (secondary N) is 1. The maximum atomic E-state index is 12.8. The summed E-state index contributed by atoms with van der Waals surface area (Å²) in [5.74, 6) is 0.0445. The van der Waals surface area contributed by atoms with Crippen LogP contribution in [0.25, 0.3) is 0 Å². The first kappa shape index (κ1) is 19.9. The smallest absolute Gasteiger partial charge is 0.322 e. The molecule has 0 spiro atoms. The maximum Gasteiger partial charge on any atom is 0.322 e. The SMILES string of the molecule is CCN(Cc1ccccc1C)C(=O)Nc1cccc(C(=O)N2CCCCC2)c1. The van der Waals surface area contributed by atoms with Gasteiger partial charge in [-0.1, -0.05) is 30.3 Å². The van der Waals surface area contributed by atoms with Gasteiger partial charge in [-0.25, -0.2) is 4.79 Å². The number of hydrogen-bond donors (Lipinski definition) is 1. The average molecular weight is 380 g/mol. The molecule has 1 N–H and O–H groups in total. The van der Waals surface area contributed by atoms with E-state index in [9.17, 15) is 9.59 Å². The number of carbonyl (C=O) groups excluding carboxylic acids is 2. The van der Waals surface area contributed by atoms with Crippen molar-refractivity contribution in [3.8, 4) is 0 Å². The molecule has 5 heteroatoms. The van der Waals surface area contributed by atoms with E-state index in [2.05, 4.69) is 18.3 Å². The number of benzene rings is 2. The Balaban J connectivity index is 1.67. The molecular formula is C23H29N3O2. The lowest BCUT2D eigenvalue weighted by Crippen LogP contribution is -2.36. The third-order valence-electron chi connectivity index (χ3n) is 5.30. The van der Waals surface area contributed by atoms with Crippen LogP contribution in [0.3, 0.4) is 0 Å². The molecule has 1 aliphatic rings. The number of amides is 3. The highest BCUT2D eigenvalue weighted by Crippen LogP contribution is 2.17. The van der Waals surface area contributed by atoms with Gasteiger partial charge in [-0.3, -0.25) is 4.79 Å². The van der Waals surface area contributed by atoms with Crippen LogP contribution in [-0.4, -0.2) is 41.4 Å². The first-order valence-electron chi connectivity index (χ1n) is 10.1. The molecule has 0 saturated carbocycles. The second kappa shape index (κ2) is 9.40. The monoisotopic (exact) mass is 379 g/mol. The number of urea groups is 1. The van der Waals surface area contributed by atoms with Gasteiger partial charge in [0.2, 0.25) is 0 Å². The van der Waals surface area contributed by atoms with Crippen molar-refractivity contribution in [3.05, 3.63) is 65.2 Å². The number of rotatable bonds is 5. The van der Waals surface area contributed by atoms with Gasteiger partial charge < -0.3 is 15.1 Å². The molecule has 3 rings (SSSR count). The van der Waals surface area contributed by atoms with E-state index < -0.39 is 0 Å². The Morgan fingerprint density at radius 1 is 1.04 bits per heavy atom. The van der Waals surface area contributed by atoms with Crippen LogP contribution in [0.4, 0.5) is 10.5 Å². The lowest BCUT2D eigenvalue weighted by Gasteiger charge is -2.27. The summed E-state index contributed by atoms with van der Waals surface area (Å²) < 4.78 is 0. The van der Waals surface area contributed by atoms with E-state index in [0.29, 0.717) is 24.3 Å². The number of likely N-dealkylation sites (tertiary alicyclic amines) is 1. The Morgan fingerprint density at radius 2 is 1.79 bits per heavy atom. The minimum Gasteiger partial charge on any atom is -0.339 e. The summed E-state index contributed by atoms with van der Waals surface area (Å²) in [6, 6.07) is 15.2. The van der Waals surface area contributed by atoms with Crippen molar-refractivity contribution in [1.82, 2.24) is 9.80 Å². The minimum atomic E-state index is -0.159. The largest absolute Gasteiger partial charge is 0.339 e. The lowest BCUT2D eigenvalue weighted by molar-refractivity contribution is 0.0724. The number of piperidine rings is 1. The van der Waals surface area contributed by atoms with Gasteiger partial charge in [-0.05, 0) is 62.4 Å². The van der Waals surface area contributed by atoms with Crippen LogP contribution in [-0.2, 0) is 6.54 Å². The average Bonchev–Trinajstić information content (AvgIpc) is 2.73. The van der Waals surface area contributed by atoms with Crippen LogP contribution in [0.1, 0.15) is 47.7 Å². The lowest BCUT2D eigenvalue weighted by atomic mass is 10.1. The van der Waals surface area contributed by atoms with Gasteiger partial charge in [0.25, 0.3) is 5.91 Å². The third-order valence-corrected chi connectivity index (χ3v) is 5.30. The number of carbonyl (C=O) groups is 2. The topological polar surface area (TPSA) is 52.7 Å². The van der Waals surface area contributed by atoms with E-state index in [1.807, 2.05) is 48.2 Å². The summed E-state index contributed by atoms with van der Waals surface area (Å²) in [5.41, 5.74) is 3.58. The molecule has 0 unspecified atom stereocenters. The zero-order valence-electron chi connectivity index (χ0n) is 16.8. The van der Waals surface area contributed by atoms with Crippen molar-refractivity contribution in [3.63, 3.8) is 0 Å². The zero-order valence-corrected chi connectivity index (χ0v) is 16.8. The highest BCUT2D eigenvalue weighted by atomic mass is 16.2. The standard InChI is InChI=1S/C23H29N3O2/c1-3-25(17-20-11-6-5-10-18(20)2)23(28)24-21-13-9-12-19(16-21)22(27)26-14-7-4-8-15-26/h5-6,9-13,16H,3-4,7-8,14-15,17H2,1-2H3,(H,24,28). The van der Waals surface area contributed by atoms with Crippen molar-refractivity contribution in [2.75, 3.05) is 25.0 Å². The van der Waals surface area contributed by atoms with Gasteiger partial charge in [0, 0.05) is 37.4 Å². The van der Waals surface area contributed by atoms with Gasteiger partial charge in [0.15, 0.2) is 0 Å². The summed E-state index contributed by atoms with van der Waals surface area (Å²) >= 11 is 0. The second-order valence-corrected chi connectivity index (χ2v) is 7.30. The molecule has 2 aromatic carbocycles. The highest BCUT2D eigenvalue weighted by molar-refractivity contribution is 5.97. The molecule has 0 atom stereocenters. The summed E-state index contributed by atoms with van der Waals surface area (Å²) in [4.78, 5) is 29.1. The number of nitrogens with zero attached hydrogens (tertiary/aromatic N) is 2. The van der Waals surface area contributed by atoms with E-state index in [1.165, 1.54) is 12.0 Å². The Bertz CT molecular complexity index is 828. The van der Waals surface area contributed by atoms with E-state index in [-0.39, 0.29) is 11.9 Å². The second-order valence-electron chi connectivity index (χ2n) is 7.30. The maximum absolute atomic E-state index is 12.8. The van der Waals surface area contributed by atoms with Crippen LogP contribution in [0.15, 0.2) is 48.5 Å². The third kappa shape index (κ3) is 4.91. The highest BCUT2D eigenvalue weighted by Gasteiger charge is 2.19. The molecule has 0 radical (unpaired) electrons. The molecule has 148 valence electrons. The fourth-order valence-electron chi connectivity index (χ4n) is 3.53. The first-order chi connectivity index (χ1) is 13.6. The summed E-state index contributed by atoms with van der Waals surface area (Å²) in [6.45, 7) is 6.81. The Labute approximate surface area is 167 Å². The van der Waals surface area contributed by atoms with Crippen molar-refractivity contribution in [2.45, 2.75) is 39.7 Å². The Kier molecular flexibility index (Phi) is 6.69. The summed E-state index contributed by atoms with van der Waals surface area (Å²) in [7, 11) is 0. The molecule has 5 nitrogen and oxygen atoms in total. The summed E-state index contributed by atoms with van der Waals surface area (Å²) in [6.07, 6.45) is 3.31. The van der Waals surface area contributed by atoms with Crippen LogP contribution in [0.2, 0.25) is 0 Å². The number of hydrogen-bond acceptors (Lipinski definition) is 2. The predicted molar refractivity (Wildman–Crippen MR) is 112 cm³/mol. The van der Waals surface area contributed by atoms with Gasteiger partial charge in [-0.2, -0.15) is 0 Å². The molecule has 0 bridgehead atoms. The van der Waals surface area contributed by atoms with Gasteiger partial charge in [0.1, 0.15) is 0 Å². The van der Waals surface area contributed by atoms with Gasteiger partial charge >= 0.3 is 6.03 Å². The molecular weight excluding hydrogens is 350 g/mol. The van der Waals surface area contributed by atoms with Crippen LogP contribution >= 0.6 is 0 Å². The van der Waals surface area contributed by atoms with E-state index in [4.69, 9.17) is 0 Å². The Morgan fingerprint density at radius 3 is 2.50 bits per heavy atom. The van der Waals surface area contributed by atoms with Gasteiger partial charge in [0.05, 0.1) is 0 Å². The fraction of sp³-hybridized carbons (Fsp3) is 0.391. The molecule has 0 aliphatic carbocycles. The van der Waals surface area contributed by atoms with E-state index in [1.54, 1.807) is 11.0 Å². The van der Waals surface area contributed by atoms with Crippen LogP contribution < -0.4 is 5.32 Å². The molecule has 1 saturated heterocycles. The van der Waals surface area contributed by atoms with Crippen LogP contribution in [0, 0.1) is 6.92 Å².